The molecular formula is C25H18CrO9. The second-order valence-corrected chi connectivity index (χ2v) is 4.96. The van der Waals surface area contributed by atoms with E-state index in [1.54, 1.807) is 54.6 Å². The van der Waals surface area contributed by atoms with Crippen LogP contribution in [0.2, 0.25) is 5.79 Å². The third-order valence-electron chi connectivity index (χ3n) is 3.03. The monoisotopic (exact) mass is 514 g/mol. The Morgan fingerprint density at radius 1 is 0.457 bits per heavy atom. The van der Waals surface area contributed by atoms with E-state index in [1.165, 1.54) is 36.4 Å². The summed E-state index contributed by atoms with van der Waals surface area (Å²) in [4.78, 5) is 52.8. The third kappa shape index (κ3) is 22.6. The van der Waals surface area contributed by atoms with Gasteiger partial charge in [0.2, 0.25) is 0 Å². The van der Waals surface area contributed by atoms with Crippen LogP contribution >= 0.6 is 0 Å². The topological polar surface area (TPSA) is 172 Å². The summed E-state index contributed by atoms with van der Waals surface area (Å²) in [6, 6.07) is 24.2. The number of carbonyl (C=O) groups is 3. The molecule has 0 saturated carbocycles. The van der Waals surface area contributed by atoms with Gasteiger partial charge in [0.05, 0.1) is 17.9 Å². The first-order valence-electron chi connectivity index (χ1n) is 8.73. The molecule has 0 aliphatic rings. The van der Waals surface area contributed by atoms with Crippen LogP contribution in [0.25, 0.3) is 0 Å². The standard InChI is InChI=1S/3C7H6O2.3CO.CH3.Cr/c3*8-7(9)6-4-2-1-3-5-6;3*1-2;;/h3*1-5H,(H,8,9);;;;1H3;/q;;;;;;;+3/p-3. The van der Waals surface area contributed by atoms with Crippen LogP contribution in [0.3, 0.4) is 0 Å². The molecule has 0 bridgehead atoms. The molecule has 0 aliphatic heterocycles. The van der Waals surface area contributed by atoms with Crippen LogP contribution in [-0.2, 0) is 30.7 Å². The van der Waals surface area contributed by atoms with Crippen molar-refractivity contribution in [2.75, 3.05) is 0 Å². The van der Waals surface area contributed by atoms with E-state index < -0.39 is 17.9 Å². The third-order valence-corrected chi connectivity index (χ3v) is 3.03. The molecule has 10 heteroatoms. The van der Waals surface area contributed by atoms with E-state index in [-0.39, 0.29) is 16.7 Å². The molecule has 3 aromatic carbocycles. The molecule has 0 unspecified atom stereocenters. The summed E-state index contributed by atoms with van der Waals surface area (Å²) in [7, 11) is 0. The quantitative estimate of drug-likeness (QED) is 0.448. The van der Waals surface area contributed by atoms with E-state index >= 15 is 0 Å². The normalized spacial score (nSPS) is 7.31. The van der Waals surface area contributed by atoms with E-state index in [2.05, 4.69) is 36.7 Å². The summed E-state index contributed by atoms with van der Waals surface area (Å²) in [5.41, 5.74) is 0.660. The van der Waals surface area contributed by atoms with Gasteiger partial charge in [-0.2, -0.15) is 0 Å². The van der Waals surface area contributed by atoms with Gasteiger partial charge in [-0.3, -0.25) is 14.4 Å². The molecule has 3 aromatic rings. The van der Waals surface area contributed by atoms with Crippen molar-refractivity contribution in [1.29, 1.82) is 0 Å². The molecule has 178 valence electrons. The van der Waals surface area contributed by atoms with Crippen LogP contribution in [0.4, 0.5) is 0 Å². The Kier molecular flexibility index (Phi) is 32.1. The van der Waals surface area contributed by atoms with Gasteiger partial charge in [-0.05, 0) is 16.7 Å². The Morgan fingerprint density at radius 3 is 0.686 bits per heavy atom. The number of carbonyl (C=O) groups excluding carboxylic acids is 6. The number of rotatable bonds is 3. The van der Waals surface area contributed by atoms with Crippen molar-refractivity contribution in [3.8, 4) is 0 Å². The van der Waals surface area contributed by atoms with Crippen LogP contribution in [0.1, 0.15) is 31.1 Å². The first-order chi connectivity index (χ1) is 16.9. The number of carboxylic acid groups (broad SMARTS) is 3. The van der Waals surface area contributed by atoms with E-state index in [9.17, 15) is 29.7 Å². The largest absolute Gasteiger partial charge is 0.281 e. The number of carboxylic acids is 3. The van der Waals surface area contributed by atoms with Gasteiger partial charge >= 0.3 is 22.1 Å². The second kappa shape index (κ2) is 29.6. The van der Waals surface area contributed by atoms with Crippen molar-refractivity contribution < 1.29 is 60.4 Å². The van der Waals surface area contributed by atoms with E-state index in [1.807, 2.05) is 5.79 Å². The Hall–Kier alpha value is -4.39. The maximum absolute atomic E-state index is 10.1. The Morgan fingerprint density at radius 2 is 0.600 bits per heavy atom. The van der Waals surface area contributed by atoms with Crippen molar-refractivity contribution in [1.82, 2.24) is 0 Å². The summed E-state index contributed by atoms with van der Waals surface area (Å²) in [5, 5.41) is 30.3. The zero-order chi connectivity index (χ0) is 28.1. The first kappa shape index (κ1) is 37.9. The fourth-order valence-corrected chi connectivity index (χ4v) is 1.72. The van der Waals surface area contributed by atoms with Gasteiger partial charge in [0.25, 0.3) is 20.4 Å². The Balaban J connectivity index is -0.000000180. The minimum Gasteiger partial charge on any atom is -0.281 e. The average molecular weight is 514 g/mol. The van der Waals surface area contributed by atoms with E-state index in [4.69, 9.17) is 14.4 Å². The van der Waals surface area contributed by atoms with Crippen molar-refractivity contribution in [2.24, 2.45) is 0 Å². The van der Waals surface area contributed by atoms with Crippen molar-refractivity contribution in [2.45, 2.75) is 5.79 Å². The van der Waals surface area contributed by atoms with Gasteiger partial charge < -0.3 is 29.7 Å². The molecule has 0 amide bonds. The molecule has 35 heavy (non-hydrogen) atoms. The summed E-state index contributed by atoms with van der Waals surface area (Å²) in [6.07, 6.45) is 0. The molecule has 0 saturated heterocycles. The molecule has 0 fully saturated rings. The minimum atomic E-state index is -1.13. The predicted molar refractivity (Wildman–Crippen MR) is 115 cm³/mol. The fraction of sp³-hybridized carbons (Fsp3) is 0.0400. The van der Waals surface area contributed by atoms with Crippen molar-refractivity contribution in [3.63, 3.8) is 0 Å². The van der Waals surface area contributed by atoms with Crippen molar-refractivity contribution in [3.05, 3.63) is 108 Å². The second-order valence-electron chi connectivity index (χ2n) is 4.96. The first-order valence-corrected chi connectivity index (χ1v) is 10.0. The number of hydrogen-bond acceptors (Lipinski definition) is 9. The van der Waals surface area contributed by atoms with Gasteiger partial charge in [0.1, 0.15) is 0 Å². The molecule has 0 spiro atoms. The van der Waals surface area contributed by atoms with Gasteiger partial charge in [-0.25, -0.2) is 0 Å². The molecule has 6 radical (unpaired) electrons. The molecule has 0 atom stereocenters. The van der Waals surface area contributed by atoms with Crippen LogP contribution in [0, 0.1) is 0 Å². The number of aromatic carboxylic acids is 3. The molecular weight excluding hydrogens is 496 g/mol. The van der Waals surface area contributed by atoms with Gasteiger partial charge in [0.15, 0.2) is 0 Å². The van der Waals surface area contributed by atoms with Gasteiger partial charge in [-0.15, -0.1) is 0 Å². The van der Waals surface area contributed by atoms with Crippen LogP contribution < -0.4 is 15.3 Å². The fourth-order valence-electron chi connectivity index (χ4n) is 1.72. The zero-order valence-electron chi connectivity index (χ0n) is 18.2. The average Bonchev–Trinajstić information content (AvgIpc) is 2.95. The maximum Gasteiger partial charge on any atom is 0.281 e. The molecule has 0 aliphatic carbocycles. The maximum atomic E-state index is 10.1. The summed E-state index contributed by atoms with van der Waals surface area (Å²) >= 11 is 2.62. The predicted octanol–water partition coefficient (Wildman–Crippen LogP) is -0.460. The van der Waals surface area contributed by atoms with Crippen molar-refractivity contribution >= 4 is 38.3 Å². The molecule has 9 nitrogen and oxygen atoms in total. The smallest absolute Gasteiger partial charge is 0.281 e. The van der Waals surface area contributed by atoms with Crippen LogP contribution in [0.15, 0.2) is 91.0 Å². The SMILES string of the molecule is O=C([O-])c1ccccc1.O=C([O-])c1ccccc1.O=C([O-])c1ccccc1.[CH3][Cr+3].[C]=O.[C]=O.[C]=O. The molecule has 0 heterocycles. The van der Waals surface area contributed by atoms with Gasteiger partial charge in [0, 0.05) is 0 Å². The van der Waals surface area contributed by atoms with E-state index in [0.29, 0.717) is 0 Å². The zero-order valence-corrected chi connectivity index (χ0v) is 19.5. The van der Waals surface area contributed by atoms with Crippen LogP contribution in [-0.4, -0.2) is 38.3 Å². The van der Waals surface area contributed by atoms with Gasteiger partial charge in [-0.1, -0.05) is 91.0 Å². The Bertz CT molecular complexity index is 784. The summed E-state index contributed by atoms with van der Waals surface area (Å²) in [5.74, 6) is -1.51. The van der Waals surface area contributed by atoms with E-state index in [0.717, 1.165) is 0 Å². The van der Waals surface area contributed by atoms with Crippen LogP contribution in [0.5, 0.6) is 0 Å². The Labute approximate surface area is 212 Å². The summed E-state index contributed by atoms with van der Waals surface area (Å²) in [6.45, 7) is 13.5. The molecule has 0 aromatic heterocycles. The minimum absolute atomic E-state index is 0.220. The molecule has 0 N–H and O–H groups in total. The number of benzene rings is 3. The number of hydrogen-bond donors (Lipinski definition) is 0. The summed E-state index contributed by atoms with van der Waals surface area (Å²) < 4.78 is 0. The molecule has 3 rings (SSSR count).